The number of methoxy groups -OCH3 is 1. The summed E-state index contributed by atoms with van der Waals surface area (Å²) in [6.07, 6.45) is -0.216. The van der Waals surface area contributed by atoms with Crippen molar-refractivity contribution >= 4 is 18.0 Å². The molecule has 21 heavy (non-hydrogen) atoms. The summed E-state index contributed by atoms with van der Waals surface area (Å²) in [5.41, 5.74) is 1.02. The standard InChI is InChI=1S/C15H17NO5/c1-20-14(18)8-7-13(17)16-12(10-21-15(16)19)9-11-5-3-2-4-6-11/h2-6,12H,7-10H2,1H3/t12-/m0/s1. The van der Waals surface area contributed by atoms with Crippen LogP contribution in [0.2, 0.25) is 0 Å². The van der Waals surface area contributed by atoms with E-state index >= 15 is 0 Å². The lowest BCUT2D eigenvalue weighted by atomic mass is 10.1. The van der Waals surface area contributed by atoms with Crippen molar-refractivity contribution in [3.63, 3.8) is 0 Å². The number of carbonyl (C=O) groups is 3. The quantitative estimate of drug-likeness (QED) is 0.769. The molecule has 0 saturated carbocycles. The molecule has 0 aromatic heterocycles. The fourth-order valence-electron chi connectivity index (χ4n) is 2.23. The molecule has 0 bridgehead atoms. The van der Waals surface area contributed by atoms with Gasteiger partial charge >= 0.3 is 12.1 Å². The molecule has 6 heteroatoms. The van der Waals surface area contributed by atoms with Crippen molar-refractivity contribution in [1.82, 2.24) is 4.90 Å². The van der Waals surface area contributed by atoms with Crippen LogP contribution in [0.1, 0.15) is 18.4 Å². The number of hydrogen-bond acceptors (Lipinski definition) is 5. The first kappa shape index (κ1) is 15.0. The number of amides is 2. The number of esters is 1. The summed E-state index contributed by atoms with van der Waals surface area (Å²) in [6, 6.07) is 9.23. The topological polar surface area (TPSA) is 72.9 Å². The molecule has 0 aliphatic carbocycles. The summed E-state index contributed by atoms with van der Waals surface area (Å²) in [6.45, 7) is 0.178. The van der Waals surface area contributed by atoms with Crippen molar-refractivity contribution in [2.45, 2.75) is 25.3 Å². The third kappa shape index (κ3) is 3.81. The van der Waals surface area contributed by atoms with Gasteiger partial charge in [0, 0.05) is 6.42 Å². The van der Waals surface area contributed by atoms with Crippen molar-refractivity contribution in [2.75, 3.05) is 13.7 Å². The van der Waals surface area contributed by atoms with Gasteiger partial charge in [0.05, 0.1) is 19.6 Å². The Morgan fingerprint density at radius 1 is 1.29 bits per heavy atom. The summed E-state index contributed by atoms with van der Waals surface area (Å²) in [5.74, 6) is -0.889. The first-order valence-corrected chi connectivity index (χ1v) is 6.71. The minimum Gasteiger partial charge on any atom is -0.469 e. The average Bonchev–Trinajstić information content (AvgIpc) is 2.86. The highest BCUT2D eigenvalue weighted by atomic mass is 16.6. The van der Waals surface area contributed by atoms with Gasteiger partial charge in [-0.25, -0.2) is 9.69 Å². The minimum absolute atomic E-state index is 0.0445. The second kappa shape index (κ2) is 6.88. The van der Waals surface area contributed by atoms with Gasteiger partial charge in [0.1, 0.15) is 6.61 Å². The monoisotopic (exact) mass is 291 g/mol. The number of benzene rings is 1. The number of hydrogen-bond donors (Lipinski definition) is 0. The van der Waals surface area contributed by atoms with Crippen LogP contribution in [-0.4, -0.2) is 42.6 Å². The van der Waals surface area contributed by atoms with Crippen molar-refractivity contribution in [3.05, 3.63) is 35.9 Å². The van der Waals surface area contributed by atoms with Gasteiger partial charge in [-0.3, -0.25) is 9.59 Å². The molecule has 1 aliphatic heterocycles. The molecule has 0 unspecified atom stereocenters. The highest BCUT2D eigenvalue weighted by Crippen LogP contribution is 2.18. The number of cyclic esters (lactones) is 1. The predicted octanol–water partition coefficient (Wildman–Crippen LogP) is 1.53. The van der Waals surface area contributed by atoms with Gasteiger partial charge < -0.3 is 9.47 Å². The second-order valence-corrected chi connectivity index (χ2v) is 4.76. The van der Waals surface area contributed by atoms with Gasteiger partial charge in [-0.2, -0.15) is 0 Å². The minimum atomic E-state index is -0.647. The fourth-order valence-corrected chi connectivity index (χ4v) is 2.23. The molecule has 1 aromatic carbocycles. The Balaban J connectivity index is 1.99. The molecule has 2 rings (SSSR count). The molecule has 2 amide bonds. The van der Waals surface area contributed by atoms with Gasteiger partial charge in [-0.1, -0.05) is 30.3 Å². The third-order valence-electron chi connectivity index (χ3n) is 3.31. The Morgan fingerprint density at radius 3 is 2.67 bits per heavy atom. The average molecular weight is 291 g/mol. The summed E-state index contributed by atoms with van der Waals surface area (Å²) in [5, 5.41) is 0. The molecule has 1 aliphatic rings. The fraction of sp³-hybridized carbons (Fsp3) is 0.400. The Hall–Kier alpha value is -2.37. The van der Waals surface area contributed by atoms with Crippen LogP contribution in [-0.2, 0) is 25.5 Å². The maximum absolute atomic E-state index is 12.1. The van der Waals surface area contributed by atoms with Crippen LogP contribution in [0.3, 0.4) is 0 Å². The maximum Gasteiger partial charge on any atom is 0.416 e. The molecule has 0 N–H and O–H groups in total. The normalized spacial score (nSPS) is 17.5. The SMILES string of the molecule is COC(=O)CCC(=O)N1C(=O)OC[C@@H]1Cc1ccccc1. The van der Waals surface area contributed by atoms with Gasteiger partial charge in [0.2, 0.25) is 5.91 Å². The van der Waals surface area contributed by atoms with Crippen LogP contribution in [0.5, 0.6) is 0 Å². The van der Waals surface area contributed by atoms with Gasteiger partial charge in [0.25, 0.3) is 0 Å². The van der Waals surface area contributed by atoms with Crippen LogP contribution in [0, 0.1) is 0 Å². The summed E-state index contributed by atoms with van der Waals surface area (Å²) in [7, 11) is 1.26. The lowest BCUT2D eigenvalue weighted by Gasteiger charge is -2.19. The van der Waals surface area contributed by atoms with Crippen LogP contribution < -0.4 is 0 Å². The maximum atomic E-state index is 12.1. The lowest BCUT2D eigenvalue weighted by Crippen LogP contribution is -2.40. The van der Waals surface area contributed by atoms with Gasteiger partial charge in [0.15, 0.2) is 0 Å². The van der Waals surface area contributed by atoms with E-state index in [2.05, 4.69) is 4.74 Å². The largest absolute Gasteiger partial charge is 0.469 e. The molecular weight excluding hydrogens is 274 g/mol. The smallest absolute Gasteiger partial charge is 0.416 e. The molecule has 112 valence electrons. The molecule has 1 fully saturated rings. The zero-order valence-electron chi connectivity index (χ0n) is 11.8. The highest BCUT2D eigenvalue weighted by molar-refractivity contribution is 5.94. The third-order valence-corrected chi connectivity index (χ3v) is 3.31. The van der Waals surface area contributed by atoms with E-state index in [1.54, 1.807) is 0 Å². The first-order valence-electron chi connectivity index (χ1n) is 6.71. The number of carbonyl (C=O) groups excluding carboxylic acids is 3. The molecule has 6 nitrogen and oxygen atoms in total. The number of imide groups is 1. The molecule has 1 aromatic rings. The molecule has 0 spiro atoms. The zero-order chi connectivity index (χ0) is 15.2. The number of rotatable bonds is 5. The summed E-state index contributed by atoms with van der Waals surface area (Å²) in [4.78, 5) is 36.0. The first-order chi connectivity index (χ1) is 10.1. The second-order valence-electron chi connectivity index (χ2n) is 4.76. The molecule has 1 saturated heterocycles. The molecular formula is C15H17NO5. The molecule has 0 radical (unpaired) electrons. The zero-order valence-corrected chi connectivity index (χ0v) is 11.8. The van der Waals surface area contributed by atoms with Gasteiger partial charge in [-0.15, -0.1) is 0 Å². The van der Waals surface area contributed by atoms with E-state index in [4.69, 9.17) is 4.74 Å². The van der Waals surface area contributed by atoms with E-state index in [0.717, 1.165) is 10.5 Å². The van der Waals surface area contributed by atoms with E-state index in [-0.39, 0.29) is 25.5 Å². The van der Waals surface area contributed by atoms with Gasteiger partial charge in [-0.05, 0) is 12.0 Å². The van der Waals surface area contributed by atoms with E-state index in [1.807, 2.05) is 30.3 Å². The lowest BCUT2D eigenvalue weighted by molar-refractivity contribution is -0.143. The highest BCUT2D eigenvalue weighted by Gasteiger charge is 2.37. The predicted molar refractivity (Wildman–Crippen MR) is 73.4 cm³/mol. The van der Waals surface area contributed by atoms with Crippen molar-refractivity contribution in [1.29, 1.82) is 0 Å². The van der Waals surface area contributed by atoms with Crippen LogP contribution in [0.15, 0.2) is 30.3 Å². The van der Waals surface area contributed by atoms with Crippen molar-refractivity contribution < 1.29 is 23.9 Å². The van der Waals surface area contributed by atoms with Crippen molar-refractivity contribution in [2.24, 2.45) is 0 Å². The van der Waals surface area contributed by atoms with E-state index in [9.17, 15) is 14.4 Å². The number of nitrogens with zero attached hydrogens (tertiary/aromatic N) is 1. The Labute approximate surface area is 122 Å². The van der Waals surface area contributed by atoms with Crippen molar-refractivity contribution in [3.8, 4) is 0 Å². The molecule has 1 atom stereocenters. The van der Waals surface area contributed by atoms with E-state index < -0.39 is 18.0 Å². The summed E-state index contributed by atoms with van der Waals surface area (Å²) >= 11 is 0. The molecule has 1 heterocycles. The number of ether oxygens (including phenoxy) is 2. The summed E-state index contributed by atoms with van der Waals surface area (Å²) < 4.78 is 9.44. The Kier molecular flexibility index (Phi) is 4.92. The van der Waals surface area contributed by atoms with Crippen LogP contribution in [0.4, 0.5) is 4.79 Å². The van der Waals surface area contributed by atoms with Crippen LogP contribution >= 0.6 is 0 Å². The van der Waals surface area contributed by atoms with E-state index in [1.165, 1.54) is 7.11 Å². The Bertz CT molecular complexity index is 528. The van der Waals surface area contributed by atoms with Crippen LogP contribution in [0.25, 0.3) is 0 Å². The van der Waals surface area contributed by atoms with E-state index in [0.29, 0.717) is 6.42 Å². The Morgan fingerprint density at radius 2 is 2.00 bits per heavy atom.